The lowest BCUT2D eigenvalue weighted by Gasteiger charge is -2.26. The van der Waals surface area contributed by atoms with E-state index in [0.29, 0.717) is 5.41 Å². The molecule has 0 aliphatic heterocycles. The van der Waals surface area contributed by atoms with Gasteiger partial charge >= 0.3 is 0 Å². The summed E-state index contributed by atoms with van der Waals surface area (Å²) in [5.74, 6) is 0. The van der Waals surface area contributed by atoms with E-state index in [2.05, 4.69) is 58.1 Å². The summed E-state index contributed by atoms with van der Waals surface area (Å²) >= 11 is 0. The monoisotopic (exact) mass is 231 g/mol. The second-order valence-electron chi connectivity index (χ2n) is 6.76. The van der Waals surface area contributed by atoms with Crippen LogP contribution in [0.2, 0.25) is 0 Å². The van der Waals surface area contributed by atoms with Gasteiger partial charge < -0.3 is 5.32 Å². The maximum absolute atomic E-state index is 3.66. The SMILES string of the molecule is Cc1cc(C)cc(C2(CNC(C)(C)C)CC2)c1. The number of rotatable bonds is 3. The van der Waals surface area contributed by atoms with Crippen LogP contribution in [0.4, 0.5) is 0 Å². The van der Waals surface area contributed by atoms with Crippen LogP contribution in [0.25, 0.3) is 0 Å². The van der Waals surface area contributed by atoms with Crippen LogP contribution in [-0.2, 0) is 5.41 Å². The van der Waals surface area contributed by atoms with E-state index in [1.54, 1.807) is 0 Å². The highest BCUT2D eigenvalue weighted by molar-refractivity contribution is 5.38. The van der Waals surface area contributed by atoms with Gasteiger partial charge in [0, 0.05) is 17.5 Å². The van der Waals surface area contributed by atoms with Crippen molar-refractivity contribution in [1.29, 1.82) is 0 Å². The predicted molar refractivity (Wildman–Crippen MR) is 74.6 cm³/mol. The van der Waals surface area contributed by atoms with Gasteiger partial charge in [-0.2, -0.15) is 0 Å². The Morgan fingerprint density at radius 2 is 1.59 bits per heavy atom. The fourth-order valence-corrected chi connectivity index (χ4v) is 2.43. The minimum absolute atomic E-state index is 0.217. The molecular weight excluding hydrogens is 206 g/mol. The van der Waals surface area contributed by atoms with Gasteiger partial charge in [-0.3, -0.25) is 0 Å². The molecule has 0 bridgehead atoms. The zero-order chi connectivity index (χ0) is 12.7. The smallest absolute Gasteiger partial charge is 0.00968 e. The number of hydrogen-bond donors (Lipinski definition) is 1. The molecule has 0 atom stereocenters. The highest BCUT2D eigenvalue weighted by atomic mass is 15.0. The van der Waals surface area contributed by atoms with Crippen LogP contribution >= 0.6 is 0 Å². The summed E-state index contributed by atoms with van der Waals surface area (Å²) in [5, 5.41) is 3.66. The Bertz CT molecular complexity index is 388. The van der Waals surface area contributed by atoms with Crippen LogP contribution in [-0.4, -0.2) is 12.1 Å². The Kier molecular flexibility index (Phi) is 3.07. The van der Waals surface area contributed by atoms with E-state index >= 15 is 0 Å². The predicted octanol–water partition coefficient (Wildman–Crippen LogP) is 3.72. The van der Waals surface area contributed by atoms with Gasteiger partial charge in [-0.25, -0.2) is 0 Å². The van der Waals surface area contributed by atoms with E-state index in [4.69, 9.17) is 0 Å². The largest absolute Gasteiger partial charge is 0.311 e. The maximum atomic E-state index is 3.66. The first kappa shape index (κ1) is 12.6. The first-order chi connectivity index (χ1) is 7.81. The van der Waals surface area contributed by atoms with E-state index in [1.165, 1.54) is 29.5 Å². The molecule has 17 heavy (non-hydrogen) atoms. The normalized spacial score (nSPS) is 18.2. The van der Waals surface area contributed by atoms with Crippen molar-refractivity contribution in [3.63, 3.8) is 0 Å². The molecule has 1 aromatic carbocycles. The van der Waals surface area contributed by atoms with Crippen molar-refractivity contribution >= 4 is 0 Å². The summed E-state index contributed by atoms with van der Waals surface area (Å²) in [7, 11) is 0. The summed E-state index contributed by atoms with van der Waals surface area (Å²) in [5.41, 5.74) is 4.95. The van der Waals surface area contributed by atoms with Crippen LogP contribution in [0.5, 0.6) is 0 Å². The van der Waals surface area contributed by atoms with Crippen molar-refractivity contribution in [1.82, 2.24) is 5.32 Å². The molecule has 0 unspecified atom stereocenters. The lowest BCUT2D eigenvalue weighted by Crippen LogP contribution is -2.41. The Hall–Kier alpha value is -0.820. The van der Waals surface area contributed by atoms with Crippen LogP contribution in [0.3, 0.4) is 0 Å². The summed E-state index contributed by atoms with van der Waals surface area (Å²) in [6.45, 7) is 12.2. The molecule has 1 aliphatic rings. The van der Waals surface area contributed by atoms with Gasteiger partial charge in [0.05, 0.1) is 0 Å². The first-order valence-corrected chi connectivity index (χ1v) is 6.65. The fraction of sp³-hybridized carbons (Fsp3) is 0.625. The van der Waals surface area contributed by atoms with Gasteiger partial charge in [0.25, 0.3) is 0 Å². The highest BCUT2D eigenvalue weighted by Gasteiger charge is 2.44. The molecule has 0 spiro atoms. The molecule has 0 heterocycles. The van der Waals surface area contributed by atoms with Gasteiger partial charge in [0.15, 0.2) is 0 Å². The van der Waals surface area contributed by atoms with E-state index < -0.39 is 0 Å². The maximum Gasteiger partial charge on any atom is 0.00968 e. The zero-order valence-electron chi connectivity index (χ0n) is 11.9. The number of aryl methyl sites for hydroxylation is 2. The minimum Gasteiger partial charge on any atom is -0.311 e. The number of hydrogen-bond acceptors (Lipinski definition) is 1. The second-order valence-corrected chi connectivity index (χ2v) is 6.76. The van der Waals surface area contributed by atoms with Crippen LogP contribution < -0.4 is 5.32 Å². The van der Waals surface area contributed by atoms with Crippen molar-refractivity contribution in [2.24, 2.45) is 0 Å². The molecule has 1 heteroatoms. The van der Waals surface area contributed by atoms with Gasteiger partial charge in [0.2, 0.25) is 0 Å². The lowest BCUT2D eigenvalue weighted by molar-refractivity contribution is 0.399. The first-order valence-electron chi connectivity index (χ1n) is 6.65. The Balaban J connectivity index is 2.15. The molecule has 0 amide bonds. The minimum atomic E-state index is 0.217. The summed E-state index contributed by atoms with van der Waals surface area (Å²) < 4.78 is 0. The van der Waals surface area contributed by atoms with Crippen LogP contribution in [0.15, 0.2) is 18.2 Å². The lowest BCUT2D eigenvalue weighted by atomic mass is 9.92. The number of benzene rings is 1. The topological polar surface area (TPSA) is 12.0 Å². The Morgan fingerprint density at radius 1 is 1.06 bits per heavy atom. The van der Waals surface area contributed by atoms with Crippen molar-refractivity contribution in [3.05, 3.63) is 34.9 Å². The summed E-state index contributed by atoms with van der Waals surface area (Å²) in [6.07, 6.45) is 2.66. The van der Waals surface area contributed by atoms with Crippen LogP contribution in [0.1, 0.15) is 50.3 Å². The zero-order valence-corrected chi connectivity index (χ0v) is 11.9. The summed E-state index contributed by atoms with van der Waals surface area (Å²) in [4.78, 5) is 0. The molecular formula is C16H25N. The average Bonchev–Trinajstić information content (AvgIpc) is 2.92. The van der Waals surface area contributed by atoms with Crippen molar-refractivity contribution in [3.8, 4) is 0 Å². The molecule has 0 saturated heterocycles. The van der Waals surface area contributed by atoms with Gasteiger partial charge in [-0.15, -0.1) is 0 Å². The highest BCUT2D eigenvalue weighted by Crippen LogP contribution is 2.48. The molecule has 0 radical (unpaired) electrons. The van der Waals surface area contributed by atoms with Gasteiger partial charge in [-0.1, -0.05) is 29.3 Å². The molecule has 1 nitrogen and oxygen atoms in total. The molecule has 1 saturated carbocycles. The molecule has 1 aliphatic carbocycles. The number of nitrogens with one attached hydrogen (secondary N) is 1. The van der Waals surface area contributed by atoms with E-state index in [-0.39, 0.29) is 5.54 Å². The fourth-order valence-electron chi connectivity index (χ4n) is 2.43. The van der Waals surface area contributed by atoms with Crippen LogP contribution in [0, 0.1) is 13.8 Å². The van der Waals surface area contributed by atoms with Gasteiger partial charge in [0.1, 0.15) is 0 Å². The Morgan fingerprint density at radius 3 is 2.00 bits per heavy atom. The molecule has 94 valence electrons. The standard InChI is InChI=1S/C16H25N/c1-12-8-13(2)10-14(9-12)16(6-7-16)11-17-15(3,4)5/h8-10,17H,6-7,11H2,1-5H3. The van der Waals surface area contributed by atoms with Crippen molar-refractivity contribution < 1.29 is 0 Å². The second kappa shape index (κ2) is 4.13. The average molecular weight is 231 g/mol. The van der Waals surface area contributed by atoms with Gasteiger partial charge in [-0.05, 0) is 53.0 Å². The summed E-state index contributed by atoms with van der Waals surface area (Å²) in [6, 6.07) is 6.99. The molecule has 1 N–H and O–H groups in total. The molecule has 1 fully saturated rings. The molecule has 0 aromatic heterocycles. The Labute approximate surface area is 106 Å². The third kappa shape index (κ3) is 3.10. The molecule has 2 rings (SSSR count). The van der Waals surface area contributed by atoms with Crippen molar-refractivity contribution in [2.45, 2.75) is 58.4 Å². The third-order valence-corrected chi connectivity index (χ3v) is 3.64. The van der Waals surface area contributed by atoms with Crippen molar-refractivity contribution in [2.75, 3.05) is 6.54 Å². The third-order valence-electron chi connectivity index (χ3n) is 3.64. The molecule has 1 aromatic rings. The quantitative estimate of drug-likeness (QED) is 0.836. The van der Waals surface area contributed by atoms with E-state index in [1.807, 2.05) is 0 Å². The van der Waals surface area contributed by atoms with E-state index in [9.17, 15) is 0 Å². The van der Waals surface area contributed by atoms with E-state index in [0.717, 1.165) is 6.54 Å².